The number of β-amino-alcohol motifs (C(OH)–C–C–N with tert-alkyl or cyclic N) is 1. The fourth-order valence-corrected chi connectivity index (χ4v) is 13.3. The van der Waals surface area contributed by atoms with Crippen LogP contribution in [0.5, 0.6) is 5.75 Å². The predicted molar refractivity (Wildman–Crippen MR) is 278 cm³/mol. The minimum Gasteiger partial charge on any atom is -0.507 e. The van der Waals surface area contributed by atoms with Crippen molar-refractivity contribution in [3.63, 3.8) is 0 Å². The fraction of sp³-hybridized carbons (Fsp3) is 0.455. The number of fused-ring (bicyclic) bond motifs is 3. The molecule has 1 saturated carbocycles. The highest BCUT2D eigenvalue weighted by atomic mass is 32.1. The number of benzene rings is 2. The number of aryl methyl sites for hydroxylation is 1. The van der Waals surface area contributed by atoms with Crippen molar-refractivity contribution in [2.45, 2.75) is 109 Å². The van der Waals surface area contributed by atoms with Gasteiger partial charge in [-0.15, -0.1) is 21.5 Å². The molecule has 0 bridgehead atoms. The summed E-state index contributed by atoms with van der Waals surface area (Å²) in [5.41, 5.74) is 10.7. The van der Waals surface area contributed by atoms with Crippen LogP contribution in [-0.2, 0) is 22.6 Å². The minimum atomic E-state index is -0.791. The van der Waals surface area contributed by atoms with E-state index in [1.54, 1.807) is 23.5 Å². The Morgan fingerprint density at radius 3 is 2.48 bits per heavy atom. The number of carbonyl (C=O) groups excluding carboxylic acids is 2. The molecular formula is C55H62N12O5S. The molecule has 4 N–H and O–H groups in total. The number of likely N-dealkylation sites (tertiary alicyclic amines) is 2. The van der Waals surface area contributed by atoms with E-state index < -0.39 is 18.1 Å². The first-order chi connectivity index (χ1) is 35.4. The second kappa shape index (κ2) is 18.9. The van der Waals surface area contributed by atoms with E-state index >= 15 is 0 Å². The molecule has 12 rings (SSSR count). The molecule has 7 aromatic rings. The molecular weight excluding hydrogens is 941 g/mol. The normalized spacial score (nSPS) is 21.7. The van der Waals surface area contributed by atoms with Crippen LogP contribution in [0.25, 0.3) is 32.7 Å². The highest BCUT2D eigenvalue weighted by Crippen LogP contribution is 2.52. The van der Waals surface area contributed by atoms with Crippen LogP contribution in [0.15, 0.2) is 83.1 Å². The monoisotopic (exact) mass is 1000 g/mol. The number of rotatable bonds is 12. The van der Waals surface area contributed by atoms with E-state index in [1.165, 1.54) is 16.0 Å². The van der Waals surface area contributed by atoms with Crippen LogP contribution in [0.1, 0.15) is 105 Å². The number of carbonyl (C=O) groups is 2. The van der Waals surface area contributed by atoms with Crippen LogP contribution < -0.4 is 15.1 Å². The second-order valence-corrected chi connectivity index (χ2v) is 22.4. The number of piperidine rings is 1. The van der Waals surface area contributed by atoms with Crippen molar-refractivity contribution in [1.29, 1.82) is 0 Å². The summed E-state index contributed by atoms with van der Waals surface area (Å²) < 4.78 is 5.93. The Morgan fingerprint density at radius 2 is 1.75 bits per heavy atom. The number of aromatic amines is 1. The van der Waals surface area contributed by atoms with Gasteiger partial charge < -0.3 is 44.6 Å². The zero-order valence-electron chi connectivity index (χ0n) is 41.7. The van der Waals surface area contributed by atoms with Crippen LogP contribution >= 0.6 is 11.3 Å². The van der Waals surface area contributed by atoms with Crippen molar-refractivity contribution >= 4 is 46.0 Å². The number of aromatic hydroxyl groups is 1. The Hall–Kier alpha value is -6.76. The molecule has 0 radical (unpaired) electrons. The lowest BCUT2D eigenvalue weighted by Gasteiger charge is -2.61. The Kier molecular flexibility index (Phi) is 12.3. The van der Waals surface area contributed by atoms with Crippen LogP contribution in [0, 0.1) is 18.3 Å². The molecule has 5 aromatic heterocycles. The summed E-state index contributed by atoms with van der Waals surface area (Å²) in [6.07, 6.45) is 8.78. The summed E-state index contributed by atoms with van der Waals surface area (Å²) in [6.45, 7) is 13.3. The average Bonchev–Trinajstić information content (AvgIpc) is 4.20. The van der Waals surface area contributed by atoms with Gasteiger partial charge in [-0.3, -0.25) is 9.59 Å². The van der Waals surface area contributed by atoms with Gasteiger partial charge in [-0.05, 0) is 99.3 Å². The van der Waals surface area contributed by atoms with Gasteiger partial charge in [0.05, 0.1) is 33.9 Å². The number of phenolic OH excluding ortho intramolecular Hbond substituents is 1. The molecule has 378 valence electrons. The van der Waals surface area contributed by atoms with Crippen molar-refractivity contribution < 1.29 is 24.3 Å². The maximum Gasteiger partial charge on any atom is 0.243 e. The van der Waals surface area contributed by atoms with Crippen molar-refractivity contribution in [2.75, 3.05) is 49.1 Å². The topological polar surface area (TPSA) is 206 Å². The van der Waals surface area contributed by atoms with Gasteiger partial charge in [0.2, 0.25) is 17.8 Å². The molecule has 9 heterocycles. The predicted octanol–water partition coefficient (Wildman–Crippen LogP) is 7.53. The molecule has 4 fully saturated rings. The Morgan fingerprint density at radius 1 is 0.986 bits per heavy atom. The van der Waals surface area contributed by atoms with Crippen LogP contribution in [-0.4, -0.2) is 125 Å². The number of para-hydroxylation sites is 1. The number of hydrogen-bond donors (Lipinski definition) is 4. The number of aromatic nitrogens is 7. The molecule has 4 aliphatic heterocycles. The maximum atomic E-state index is 14.3. The number of hydrogen-bond acceptors (Lipinski definition) is 15. The van der Waals surface area contributed by atoms with Gasteiger partial charge in [0.15, 0.2) is 17.2 Å². The molecule has 1 aliphatic carbocycles. The lowest BCUT2D eigenvalue weighted by Crippen LogP contribution is -2.67. The Balaban J connectivity index is 0.615. The molecule has 3 saturated heterocycles. The lowest BCUT2D eigenvalue weighted by molar-refractivity contribution is -0.141. The summed E-state index contributed by atoms with van der Waals surface area (Å²) in [5, 5.41) is 38.6. The third kappa shape index (κ3) is 8.79. The number of thiazole rings is 1. The third-order valence-corrected chi connectivity index (χ3v) is 17.5. The third-order valence-electron chi connectivity index (χ3n) is 16.5. The summed E-state index contributed by atoms with van der Waals surface area (Å²) >= 11 is 1.60. The van der Waals surface area contributed by atoms with Gasteiger partial charge in [0.25, 0.3) is 0 Å². The molecule has 1 spiro atoms. The number of H-pyrrole nitrogens is 1. The molecule has 2 amide bonds. The highest BCUT2D eigenvalue weighted by Gasteiger charge is 2.55. The van der Waals surface area contributed by atoms with Crippen LogP contribution in [0.3, 0.4) is 0 Å². The zero-order chi connectivity index (χ0) is 50.1. The van der Waals surface area contributed by atoms with E-state index in [0.29, 0.717) is 35.5 Å². The van der Waals surface area contributed by atoms with Gasteiger partial charge >= 0.3 is 0 Å². The van der Waals surface area contributed by atoms with E-state index in [4.69, 9.17) is 14.5 Å². The van der Waals surface area contributed by atoms with E-state index in [2.05, 4.69) is 52.3 Å². The first kappa shape index (κ1) is 47.3. The summed E-state index contributed by atoms with van der Waals surface area (Å²) in [5.74, 6) is 1.30. The Bertz CT molecular complexity index is 3150. The molecule has 0 unspecified atom stereocenters. The maximum absolute atomic E-state index is 14.3. The van der Waals surface area contributed by atoms with Crippen LogP contribution in [0.4, 0.5) is 11.8 Å². The summed E-state index contributed by atoms with van der Waals surface area (Å²) in [7, 11) is 0. The van der Waals surface area contributed by atoms with Crippen molar-refractivity contribution in [3.8, 4) is 27.4 Å². The van der Waals surface area contributed by atoms with Crippen molar-refractivity contribution in [3.05, 3.63) is 112 Å². The molecule has 5 aliphatic rings. The second-order valence-electron chi connectivity index (χ2n) is 21.6. The smallest absolute Gasteiger partial charge is 0.243 e. The SMILES string of the molecule is Cc1ncsc1-c1ccc(CNC(=O)[C@@H]2C[C@@H](O)CN2C(=O)[C@@H](c2cc(N3CC4(CC(N5CCC(c6cnc(N7CCc8[nH]c9nnc(-c%10ccccc%10O)cc9c8[C@H]7C)nc6)CC5)C4)C3)no2)C(C)C)cc1. The highest BCUT2D eigenvalue weighted by molar-refractivity contribution is 7.13. The standard InChI is InChI=1S/C55H62N12O5S/c1-31(2)48(53(71)67-27-39(68)19-44(67)52(70)56-24-34-9-11-36(12-10-34)50-32(3)59-30-73-50)46-21-47(63-72-46)65-28-55(29-65)22-38(23-55)64-16-13-35(14-17-64)37-25-57-54(58-26-37)66-18-15-42-49(33(66)4)41-20-43(61-62-51(41)60-42)40-7-5-6-8-45(40)69/h5-12,20-21,25-26,30-31,33,35,38-39,44,48,68-69H,13-19,22-24,27-29H2,1-4H3,(H,56,70)(H,60,62)/t33-,39-,44+,48-/m1/s1. The molecule has 4 atom stereocenters. The number of anilines is 2. The number of aliphatic hydroxyl groups is 1. The summed E-state index contributed by atoms with van der Waals surface area (Å²) in [6, 6.07) is 19.0. The fourth-order valence-electron chi connectivity index (χ4n) is 12.5. The average molecular weight is 1000 g/mol. The van der Waals surface area contributed by atoms with Crippen LogP contribution in [0.2, 0.25) is 0 Å². The quantitative estimate of drug-likeness (QED) is 0.0935. The molecule has 73 heavy (non-hydrogen) atoms. The van der Waals surface area contributed by atoms with Crippen molar-refractivity contribution in [2.24, 2.45) is 11.3 Å². The number of amides is 2. The van der Waals surface area contributed by atoms with Gasteiger partial charge in [0, 0.05) is 97.7 Å². The van der Waals surface area contributed by atoms with Gasteiger partial charge in [0.1, 0.15) is 17.7 Å². The lowest BCUT2D eigenvalue weighted by atomic mass is 9.60. The largest absolute Gasteiger partial charge is 0.507 e. The van der Waals surface area contributed by atoms with E-state index in [1.807, 2.05) is 87.2 Å². The van der Waals surface area contributed by atoms with Crippen molar-refractivity contribution in [1.82, 2.24) is 50.4 Å². The first-order valence-corrected chi connectivity index (χ1v) is 26.7. The van der Waals surface area contributed by atoms with E-state index in [0.717, 1.165) is 115 Å². The summed E-state index contributed by atoms with van der Waals surface area (Å²) in [4.78, 5) is 55.5. The Labute approximate surface area is 428 Å². The van der Waals surface area contributed by atoms with Gasteiger partial charge in [-0.2, -0.15) is 0 Å². The van der Waals surface area contributed by atoms with Gasteiger partial charge in [-0.1, -0.05) is 55.4 Å². The molecule has 2 aromatic carbocycles. The van der Waals surface area contributed by atoms with E-state index in [-0.39, 0.29) is 47.9 Å². The first-order valence-electron chi connectivity index (χ1n) is 25.8. The number of aliphatic hydroxyl groups excluding tert-OH is 1. The molecule has 17 nitrogen and oxygen atoms in total. The number of nitrogens with zero attached hydrogens (tertiary/aromatic N) is 10. The van der Waals surface area contributed by atoms with Gasteiger partial charge in [-0.25, -0.2) is 15.0 Å². The zero-order valence-corrected chi connectivity index (χ0v) is 42.6. The minimum absolute atomic E-state index is 0.0244. The van der Waals surface area contributed by atoms with E-state index in [9.17, 15) is 19.8 Å². The number of phenols is 1. The number of nitrogens with one attached hydrogen (secondary N) is 2. The molecule has 18 heteroatoms.